The standard InChI is InChI=1S/C55H104O5/c1-4-7-10-13-16-19-22-24-26-28-30-32-34-36-39-42-45-48-54(56)59-52-53(51-58-50-47-44-41-38-21-18-15-12-9-6-3)60-55(57)49-46-43-40-37-35-33-31-29-27-25-23-20-17-14-11-8-5-2/h16,19,24,26,53H,4-15,17-18,20-23,25,27-52H2,1-3H3/b19-16-,26-24-. The van der Waals surface area contributed by atoms with E-state index in [1.54, 1.807) is 0 Å². The number of ether oxygens (including phenoxy) is 3. The molecule has 0 N–H and O–H groups in total. The number of hydrogen-bond donors (Lipinski definition) is 0. The van der Waals surface area contributed by atoms with Crippen molar-refractivity contribution in [3.63, 3.8) is 0 Å². The summed E-state index contributed by atoms with van der Waals surface area (Å²) in [5.74, 6) is -0.387. The van der Waals surface area contributed by atoms with Crippen LogP contribution in [-0.2, 0) is 23.8 Å². The first-order valence-electron chi connectivity index (χ1n) is 26.9. The molecule has 0 spiro atoms. The van der Waals surface area contributed by atoms with Crippen LogP contribution in [0.15, 0.2) is 24.3 Å². The molecule has 0 saturated heterocycles. The van der Waals surface area contributed by atoms with Crippen LogP contribution >= 0.6 is 0 Å². The molecule has 0 fully saturated rings. The summed E-state index contributed by atoms with van der Waals surface area (Å²) in [7, 11) is 0. The third-order valence-electron chi connectivity index (χ3n) is 12.0. The molecule has 5 heteroatoms. The van der Waals surface area contributed by atoms with Crippen LogP contribution in [0, 0.1) is 0 Å². The molecule has 0 aromatic rings. The molecule has 0 heterocycles. The molecule has 0 radical (unpaired) electrons. The normalized spacial score (nSPS) is 12.2. The van der Waals surface area contributed by atoms with E-state index in [9.17, 15) is 9.59 Å². The van der Waals surface area contributed by atoms with Gasteiger partial charge in [0.2, 0.25) is 0 Å². The van der Waals surface area contributed by atoms with Gasteiger partial charge in [-0.25, -0.2) is 0 Å². The van der Waals surface area contributed by atoms with Crippen LogP contribution in [0.5, 0.6) is 0 Å². The highest BCUT2D eigenvalue weighted by Gasteiger charge is 2.17. The van der Waals surface area contributed by atoms with E-state index >= 15 is 0 Å². The molecular weight excluding hydrogens is 741 g/mol. The first-order chi connectivity index (χ1) is 29.6. The zero-order chi connectivity index (χ0) is 43.5. The average molecular weight is 845 g/mol. The number of rotatable bonds is 50. The van der Waals surface area contributed by atoms with E-state index in [0.29, 0.717) is 26.1 Å². The van der Waals surface area contributed by atoms with Gasteiger partial charge in [0.05, 0.1) is 6.61 Å². The number of unbranched alkanes of at least 4 members (excludes halogenated alkanes) is 35. The van der Waals surface area contributed by atoms with E-state index in [1.165, 1.54) is 218 Å². The number of allylic oxidation sites excluding steroid dienone is 4. The average Bonchev–Trinajstić information content (AvgIpc) is 3.25. The molecule has 0 aliphatic heterocycles. The lowest BCUT2D eigenvalue weighted by Gasteiger charge is -2.18. The maximum absolute atomic E-state index is 12.8. The Morgan fingerprint density at radius 2 is 0.700 bits per heavy atom. The van der Waals surface area contributed by atoms with Crippen molar-refractivity contribution in [2.75, 3.05) is 19.8 Å². The van der Waals surface area contributed by atoms with Gasteiger partial charge in [0.15, 0.2) is 6.10 Å². The number of esters is 2. The van der Waals surface area contributed by atoms with Gasteiger partial charge in [-0.15, -0.1) is 0 Å². The van der Waals surface area contributed by atoms with Crippen molar-refractivity contribution in [1.29, 1.82) is 0 Å². The van der Waals surface area contributed by atoms with E-state index in [-0.39, 0.29) is 18.5 Å². The Labute approximate surface area is 375 Å². The Balaban J connectivity index is 4.17. The third-order valence-corrected chi connectivity index (χ3v) is 12.0. The maximum Gasteiger partial charge on any atom is 0.306 e. The summed E-state index contributed by atoms with van der Waals surface area (Å²) in [6, 6.07) is 0. The molecule has 0 aromatic carbocycles. The fourth-order valence-corrected chi connectivity index (χ4v) is 7.95. The Hall–Kier alpha value is -1.62. The van der Waals surface area contributed by atoms with Gasteiger partial charge >= 0.3 is 11.9 Å². The van der Waals surface area contributed by atoms with Crippen molar-refractivity contribution in [2.45, 2.75) is 297 Å². The minimum atomic E-state index is -0.530. The highest BCUT2D eigenvalue weighted by atomic mass is 16.6. The van der Waals surface area contributed by atoms with E-state index in [4.69, 9.17) is 14.2 Å². The zero-order valence-electron chi connectivity index (χ0n) is 40.7. The summed E-state index contributed by atoms with van der Waals surface area (Å²) >= 11 is 0. The molecule has 0 aliphatic carbocycles. The first kappa shape index (κ1) is 58.4. The zero-order valence-corrected chi connectivity index (χ0v) is 40.7. The van der Waals surface area contributed by atoms with Crippen LogP contribution in [-0.4, -0.2) is 37.9 Å². The lowest BCUT2D eigenvalue weighted by molar-refractivity contribution is -0.163. The number of carbonyl (C=O) groups is 2. The lowest BCUT2D eigenvalue weighted by atomic mass is 10.0. The molecule has 0 saturated carbocycles. The summed E-state index contributed by atoms with van der Waals surface area (Å²) in [5.41, 5.74) is 0. The predicted octanol–water partition coefficient (Wildman–Crippen LogP) is 18.0. The fourth-order valence-electron chi connectivity index (χ4n) is 7.95. The van der Waals surface area contributed by atoms with E-state index in [0.717, 1.165) is 38.5 Å². The van der Waals surface area contributed by atoms with Gasteiger partial charge in [0.1, 0.15) is 6.61 Å². The summed E-state index contributed by atoms with van der Waals surface area (Å²) in [5, 5.41) is 0. The topological polar surface area (TPSA) is 61.8 Å². The molecule has 0 rings (SSSR count). The third kappa shape index (κ3) is 49.0. The van der Waals surface area contributed by atoms with Crippen molar-refractivity contribution < 1.29 is 23.8 Å². The molecule has 60 heavy (non-hydrogen) atoms. The molecule has 0 bridgehead atoms. The van der Waals surface area contributed by atoms with Crippen molar-refractivity contribution in [3.8, 4) is 0 Å². The molecule has 1 atom stereocenters. The predicted molar refractivity (Wildman–Crippen MR) is 261 cm³/mol. The Morgan fingerprint density at radius 1 is 0.367 bits per heavy atom. The second-order valence-corrected chi connectivity index (χ2v) is 18.1. The fraction of sp³-hybridized carbons (Fsp3) is 0.891. The highest BCUT2D eigenvalue weighted by molar-refractivity contribution is 5.70. The minimum Gasteiger partial charge on any atom is -0.462 e. The van der Waals surface area contributed by atoms with E-state index in [2.05, 4.69) is 45.1 Å². The Kier molecular flexibility index (Phi) is 50.3. The van der Waals surface area contributed by atoms with Crippen LogP contribution in [0.2, 0.25) is 0 Å². The smallest absolute Gasteiger partial charge is 0.306 e. The molecule has 5 nitrogen and oxygen atoms in total. The van der Waals surface area contributed by atoms with Gasteiger partial charge < -0.3 is 14.2 Å². The second-order valence-electron chi connectivity index (χ2n) is 18.1. The molecule has 0 aromatic heterocycles. The monoisotopic (exact) mass is 845 g/mol. The van der Waals surface area contributed by atoms with Crippen molar-refractivity contribution in [1.82, 2.24) is 0 Å². The van der Waals surface area contributed by atoms with Crippen LogP contribution in [0.25, 0.3) is 0 Å². The van der Waals surface area contributed by atoms with Gasteiger partial charge in [0, 0.05) is 19.4 Å². The van der Waals surface area contributed by atoms with Gasteiger partial charge in [-0.3, -0.25) is 9.59 Å². The second kappa shape index (κ2) is 51.7. The minimum absolute atomic E-state index is 0.0886. The van der Waals surface area contributed by atoms with Crippen LogP contribution < -0.4 is 0 Å². The van der Waals surface area contributed by atoms with Gasteiger partial charge in [-0.05, 0) is 51.4 Å². The van der Waals surface area contributed by atoms with E-state index < -0.39 is 6.10 Å². The quantitative estimate of drug-likeness (QED) is 0.0347. The van der Waals surface area contributed by atoms with Crippen LogP contribution in [0.1, 0.15) is 290 Å². The summed E-state index contributed by atoms with van der Waals surface area (Å²) in [4.78, 5) is 25.4. The largest absolute Gasteiger partial charge is 0.462 e. The molecular formula is C55H104O5. The molecule has 0 amide bonds. The van der Waals surface area contributed by atoms with Crippen LogP contribution in [0.4, 0.5) is 0 Å². The van der Waals surface area contributed by atoms with Gasteiger partial charge in [-0.2, -0.15) is 0 Å². The molecule has 354 valence electrons. The first-order valence-corrected chi connectivity index (χ1v) is 26.9. The Bertz CT molecular complexity index is 913. The van der Waals surface area contributed by atoms with Gasteiger partial charge in [-0.1, -0.05) is 251 Å². The Morgan fingerprint density at radius 3 is 1.13 bits per heavy atom. The van der Waals surface area contributed by atoms with E-state index in [1.807, 2.05) is 0 Å². The SMILES string of the molecule is CCCCC/C=C\C/C=C\CCCCCCCCCC(=O)OCC(COCCCCCCCCCCCC)OC(=O)CCCCCCCCCCCCCCCCCCC. The van der Waals surface area contributed by atoms with Crippen molar-refractivity contribution >= 4 is 11.9 Å². The highest BCUT2D eigenvalue weighted by Crippen LogP contribution is 2.16. The van der Waals surface area contributed by atoms with Crippen molar-refractivity contribution in [3.05, 3.63) is 24.3 Å². The van der Waals surface area contributed by atoms with Crippen molar-refractivity contribution in [2.24, 2.45) is 0 Å². The lowest BCUT2D eigenvalue weighted by Crippen LogP contribution is -2.30. The van der Waals surface area contributed by atoms with Gasteiger partial charge in [0.25, 0.3) is 0 Å². The van der Waals surface area contributed by atoms with Crippen LogP contribution in [0.3, 0.4) is 0 Å². The number of hydrogen-bond acceptors (Lipinski definition) is 5. The maximum atomic E-state index is 12.8. The summed E-state index contributed by atoms with van der Waals surface area (Å²) in [6.07, 6.45) is 60.4. The summed E-state index contributed by atoms with van der Waals surface area (Å²) < 4.78 is 17.4. The number of carbonyl (C=O) groups excluding carboxylic acids is 2. The molecule has 1 unspecified atom stereocenters. The molecule has 0 aliphatic rings. The summed E-state index contributed by atoms with van der Waals surface area (Å²) in [6.45, 7) is 7.85.